The number of nitrogens with zero attached hydrogens (tertiary/aromatic N) is 1. The molecule has 1 aromatic carbocycles. The topological polar surface area (TPSA) is 49.4 Å². The molecule has 0 aromatic heterocycles. The van der Waals surface area contributed by atoms with Crippen molar-refractivity contribution in [1.82, 2.24) is 10.2 Å². The molecule has 2 rings (SSSR count). The Balaban J connectivity index is 0.00000338. The first-order valence-corrected chi connectivity index (χ1v) is 9.54. The minimum Gasteiger partial charge on any atom is -0.343 e. The number of ketones is 1. The van der Waals surface area contributed by atoms with Gasteiger partial charge in [0.25, 0.3) is 0 Å². The molecule has 0 radical (unpaired) electrons. The number of rotatable bonds is 8. The highest BCUT2D eigenvalue weighted by atomic mass is 35.5. The predicted molar refractivity (Wildman–Crippen MR) is 109 cm³/mol. The first-order chi connectivity index (χ1) is 12.0. The Bertz CT molecular complexity index is 564. The zero-order chi connectivity index (χ0) is 18.2. The van der Waals surface area contributed by atoms with Crippen LogP contribution in [-0.2, 0) is 11.2 Å². The Morgan fingerprint density at radius 2 is 1.73 bits per heavy atom. The number of benzene rings is 1. The molecule has 1 N–H and O–H groups in total. The van der Waals surface area contributed by atoms with Crippen LogP contribution in [0.15, 0.2) is 24.3 Å². The first kappa shape index (κ1) is 22.7. The third-order valence-corrected chi connectivity index (χ3v) is 4.95. The fraction of sp³-hybridized carbons (Fsp3) is 0.619. The van der Waals surface area contributed by atoms with E-state index in [1.165, 1.54) is 5.56 Å². The van der Waals surface area contributed by atoms with E-state index in [2.05, 4.69) is 19.2 Å². The first-order valence-electron chi connectivity index (χ1n) is 9.54. The quantitative estimate of drug-likeness (QED) is 0.699. The molecule has 1 saturated heterocycles. The fourth-order valence-corrected chi connectivity index (χ4v) is 3.50. The summed E-state index contributed by atoms with van der Waals surface area (Å²) in [5.74, 6) is 1.46. The Morgan fingerprint density at radius 1 is 1.12 bits per heavy atom. The van der Waals surface area contributed by atoms with Crippen LogP contribution in [0.5, 0.6) is 0 Å². The summed E-state index contributed by atoms with van der Waals surface area (Å²) >= 11 is 0. The van der Waals surface area contributed by atoms with Crippen LogP contribution in [0, 0.1) is 11.8 Å². The van der Waals surface area contributed by atoms with Crippen molar-refractivity contribution in [3.8, 4) is 0 Å². The molecule has 1 aromatic rings. The second kappa shape index (κ2) is 11.3. The fourth-order valence-electron chi connectivity index (χ4n) is 3.50. The number of carbonyl (C=O) groups excluding carboxylic acids is 2. The van der Waals surface area contributed by atoms with Crippen molar-refractivity contribution in [3.63, 3.8) is 0 Å². The number of nitrogens with one attached hydrogen (secondary N) is 1. The van der Waals surface area contributed by atoms with Crippen molar-refractivity contribution in [3.05, 3.63) is 35.4 Å². The molecule has 1 aliphatic rings. The lowest BCUT2D eigenvalue weighted by atomic mass is 9.96. The molecule has 0 bridgehead atoms. The van der Waals surface area contributed by atoms with Crippen LogP contribution in [0.4, 0.5) is 0 Å². The molecule has 5 heteroatoms. The van der Waals surface area contributed by atoms with E-state index in [1.54, 1.807) is 0 Å². The van der Waals surface area contributed by atoms with Crippen LogP contribution in [0.3, 0.4) is 0 Å². The summed E-state index contributed by atoms with van der Waals surface area (Å²) in [7, 11) is 1.97. The number of Topliss-reactive ketones (excluding diaryl/α,β-unsaturated/α-hetero) is 1. The molecule has 146 valence electrons. The highest BCUT2D eigenvalue weighted by Gasteiger charge is 2.22. The summed E-state index contributed by atoms with van der Waals surface area (Å²) in [6, 6.07) is 7.85. The molecule has 0 atom stereocenters. The number of hydrogen-bond donors (Lipinski definition) is 1. The van der Waals surface area contributed by atoms with E-state index in [9.17, 15) is 9.59 Å². The SMILES string of the molecule is CNCC1CCN(C(=O)CCC(=O)c2ccc(CC(C)C)cc2)CC1.Cl. The minimum atomic E-state index is 0. The molecular weight excluding hydrogens is 348 g/mol. The molecule has 1 amide bonds. The van der Waals surface area contributed by atoms with Gasteiger partial charge in [-0.2, -0.15) is 0 Å². The second-order valence-electron chi connectivity index (χ2n) is 7.60. The number of likely N-dealkylation sites (tertiary alicyclic amines) is 1. The molecule has 0 aliphatic carbocycles. The summed E-state index contributed by atoms with van der Waals surface area (Å²) in [6.45, 7) is 7.04. The van der Waals surface area contributed by atoms with Crippen LogP contribution in [0.25, 0.3) is 0 Å². The summed E-state index contributed by atoms with van der Waals surface area (Å²) in [4.78, 5) is 26.6. The van der Waals surface area contributed by atoms with E-state index in [0.717, 1.165) is 38.9 Å². The lowest BCUT2D eigenvalue weighted by molar-refractivity contribution is -0.132. The zero-order valence-corrected chi connectivity index (χ0v) is 17.1. The summed E-state index contributed by atoms with van der Waals surface area (Å²) < 4.78 is 0. The van der Waals surface area contributed by atoms with E-state index in [4.69, 9.17) is 0 Å². The zero-order valence-electron chi connectivity index (χ0n) is 16.3. The minimum absolute atomic E-state index is 0. The van der Waals surface area contributed by atoms with Gasteiger partial charge in [0.05, 0.1) is 0 Å². The normalized spacial score (nSPS) is 15.0. The van der Waals surface area contributed by atoms with Gasteiger partial charge >= 0.3 is 0 Å². The lowest BCUT2D eigenvalue weighted by Crippen LogP contribution is -2.40. The summed E-state index contributed by atoms with van der Waals surface area (Å²) in [5, 5.41) is 3.21. The van der Waals surface area contributed by atoms with E-state index < -0.39 is 0 Å². The van der Waals surface area contributed by atoms with Gasteiger partial charge in [0.2, 0.25) is 5.91 Å². The van der Waals surface area contributed by atoms with Crippen LogP contribution in [-0.4, -0.2) is 43.3 Å². The Hall–Kier alpha value is -1.39. The van der Waals surface area contributed by atoms with Gasteiger partial charge in [-0.25, -0.2) is 0 Å². The Labute approximate surface area is 164 Å². The highest BCUT2D eigenvalue weighted by Crippen LogP contribution is 2.18. The van der Waals surface area contributed by atoms with Gasteiger partial charge in [-0.3, -0.25) is 9.59 Å². The third-order valence-electron chi connectivity index (χ3n) is 4.95. The lowest BCUT2D eigenvalue weighted by Gasteiger charge is -2.32. The molecule has 1 aliphatic heterocycles. The number of amides is 1. The Morgan fingerprint density at radius 3 is 2.27 bits per heavy atom. The molecule has 26 heavy (non-hydrogen) atoms. The molecule has 0 unspecified atom stereocenters. The van der Waals surface area contributed by atoms with E-state index in [0.29, 0.717) is 30.2 Å². The van der Waals surface area contributed by atoms with E-state index >= 15 is 0 Å². The van der Waals surface area contributed by atoms with Crippen LogP contribution < -0.4 is 5.32 Å². The van der Waals surface area contributed by atoms with Gasteiger partial charge in [-0.05, 0) is 50.3 Å². The van der Waals surface area contributed by atoms with E-state index in [-0.39, 0.29) is 24.1 Å². The number of piperidine rings is 1. The molecular formula is C21H33ClN2O2. The average Bonchev–Trinajstić information content (AvgIpc) is 2.60. The second-order valence-corrected chi connectivity index (χ2v) is 7.60. The van der Waals surface area contributed by atoms with Crippen LogP contribution in [0.1, 0.15) is 55.5 Å². The van der Waals surface area contributed by atoms with Gasteiger partial charge in [-0.1, -0.05) is 38.1 Å². The molecule has 0 saturated carbocycles. The standard InChI is InChI=1S/C21H32N2O2.ClH/c1-16(2)14-17-4-6-19(7-5-17)20(24)8-9-21(25)23-12-10-18(11-13-23)15-22-3;/h4-7,16,18,22H,8-15H2,1-3H3;1H. The van der Waals surface area contributed by atoms with Gasteiger partial charge in [-0.15, -0.1) is 12.4 Å². The van der Waals surface area contributed by atoms with Gasteiger partial charge in [0, 0.05) is 31.5 Å². The van der Waals surface area contributed by atoms with Crippen molar-refractivity contribution in [2.24, 2.45) is 11.8 Å². The molecule has 1 heterocycles. The van der Waals surface area contributed by atoms with Gasteiger partial charge in [0.15, 0.2) is 5.78 Å². The largest absolute Gasteiger partial charge is 0.343 e. The molecule has 0 spiro atoms. The van der Waals surface area contributed by atoms with Crippen molar-refractivity contribution >= 4 is 24.1 Å². The smallest absolute Gasteiger partial charge is 0.223 e. The van der Waals surface area contributed by atoms with Crippen LogP contribution >= 0.6 is 12.4 Å². The Kier molecular flexibility index (Phi) is 9.89. The summed E-state index contributed by atoms with van der Waals surface area (Å²) in [6.07, 6.45) is 3.76. The summed E-state index contributed by atoms with van der Waals surface area (Å²) in [5.41, 5.74) is 1.97. The van der Waals surface area contributed by atoms with Crippen molar-refractivity contribution < 1.29 is 9.59 Å². The highest BCUT2D eigenvalue weighted by molar-refractivity contribution is 5.98. The maximum atomic E-state index is 12.3. The van der Waals surface area contributed by atoms with Crippen molar-refractivity contribution in [2.45, 2.75) is 46.0 Å². The monoisotopic (exact) mass is 380 g/mol. The van der Waals surface area contributed by atoms with E-state index in [1.807, 2.05) is 36.2 Å². The molecule has 4 nitrogen and oxygen atoms in total. The average molecular weight is 381 g/mol. The third kappa shape index (κ3) is 7.08. The maximum Gasteiger partial charge on any atom is 0.223 e. The maximum absolute atomic E-state index is 12.3. The van der Waals surface area contributed by atoms with Crippen molar-refractivity contribution in [1.29, 1.82) is 0 Å². The molecule has 1 fully saturated rings. The predicted octanol–water partition coefficient (Wildman–Crippen LogP) is 3.73. The van der Waals surface area contributed by atoms with Crippen molar-refractivity contribution in [2.75, 3.05) is 26.7 Å². The number of halogens is 1. The van der Waals surface area contributed by atoms with Gasteiger partial charge < -0.3 is 10.2 Å². The van der Waals surface area contributed by atoms with Gasteiger partial charge in [0.1, 0.15) is 0 Å². The number of hydrogen-bond acceptors (Lipinski definition) is 3. The number of carbonyl (C=O) groups is 2. The van der Waals surface area contributed by atoms with Crippen LogP contribution in [0.2, 0.25) is 0 Å².